The van der Waals surface area contributed by atoms with Crippen LogP contribution < -0.4 is 5.32 Å². The van der Waals surface area contributed by atoms with Crippen molar-refractivity contribution in [3.63, 3.8) is 0 Å². The molecule has 24 heavy (non-hydrogen) atoms. The largest absolute Gasteiger partial charge is 0.352 e. The quantitative estimate of drug-likeness (QED) is 0.737. The Hall–Kier alpha value is -2.59. The third-order valence-electron chi connectivity index (χ3n) is 3.84. The minimum Gasteiger partial charge on any atom is -0.352 e. The van der Waals surface area contributed by atoms with Gasteiger partial charge in [-0.1, -0.05) is 53.6 Å². The van der Waals surface area contributed by atoms with Crippen LogP contribution in [0.25, 0.3) is 11.3 Å². The molecule has 2 N–H and O–H groups in total. The van der Waals surface area contributed by atoms with Crippen LogP contribution in [0, 0.1) is 6.92 Å². The number of rotatable bonds is 5. The smallest absolute Gasteiger partial charge is 0.255 e. The topological polar surface area (TPSA) is 57.8 Å². The lowest BCUT2D eigenvalue weighted by Gasteiger charge is -2.06. The number of halogens is 1. The van der Waals surface area contributed by atoms with Crippen LogP contribution in [-0.2, 0) is 6.42 Å². The molecule has 0 atom stereocenters. The van der Waals surface area contributed by atoms with Crippen molar-refractivity contribution in [2.24, 2.45) is 0 Å². The van der Waals surface area contributed by atoms with Gasteiger partial charge in [0.15, 0.2) is 0 Å². The van der Waals surface area contributed by atoms with Crippen molar-refractivity contribution >= 4 is 17.5 Å². The van der Waals surface area contributed by atoms with Gasteiger partial charge in [0.05, 0.1) is 17.5 Å². The van der Waals surface area contributed by atoms with Crippen LogP contribution >= 0.6 is 11.6 Å². The molecule has 0 unspecified atom stereocenters. The summed E-state index contributed by atoms with van der Waals surface area (Å²) in [5.74, 6) is -0.131. The van der Waals surface area contributed by atoms with E-state index in [4.69, 9.17) is 11.6 Å². The molecular weight excluding hydrogens is 322 g/mol. The molecule has 4 nitrogen and oxygen atoms in total. The molecule has 5 heteroatoms. The fraction of sp³-hybridized carbons (Fsp3) is 0.158. The molecule has 0 aliphatic rings. The maximum atomic E-state index is 12.4. The first-order valence-corrected chi connectivity index (χ1v) is 8.14. The summed E-state index contributed by atoms with van der Waals surface area (Å²) in [5.41, 5.74) is 4.53. The van der Waals surface area contributed by atoms with Crippen LogP contribution in [0.1, 0.15) is 21.5 Å². The van der Waals surface area contributed by atoms with Gasteiger partial charge < -0.3 is 5.32 Å². The molecule has 0 bridgehead atoms. The van der Waals surface area contributed by atoms with E-state index in [0.29, 0.717) is 17.1 Å². The molecule has 0 saturated carbocycles. The third-order valence-corrected chi connectivity index (χ3v) is 4.09. The normalized spacial score (nSPS) is 10.6. The van der Waals surface area contributed by atoms with E-state index >= 15 is 0 Å². The molecular formula is C19H18ClN3O. The molecule has 1 heterocycles. The summed E-state index contributed by atoms with van der Waals surface area (Å²) >= 11 is 5.87. The summed E-state index contributed by atoms with van der Waals surface area (Å²) in [7, 11) is 0. The lowest BCUT2D eigenvalue weighted by atomic mass is 10.1. The molecule has 0 saturated heterocycles. The average molecular weight is 340 g/mol. The summed E-state index contributed by atoms with van der Waals surface area (Å²) in [6, 6.07) is 15.6. The second-order valence-electron chi connectivity index (χ2n) is 5.66. The lowest BCUT2D eigenvalue weighted by molar-refractivity contribution is 0.0955. The predicted octanol–water partition coefficient (Wildman–Crippen LogP) is 4.01. The molecule has 1 amide bonds. The molecule has 3 aromatic rings. The standard InChI is InChI=1S/C19H18ClN3O/c1-13-2-6-15(7-3-13)18-17(12-22-23-18)19(24)21-11-10-14-4-8-16(20)9-5-14/h2-9,12H,10-11H2,1H3,(H,21,24)(H,22,23). The van der Waals surface area contributed by atoms with Crippen LogP contribution in [-0.4, -0.2) is 22.6 Å². The molecule has 0 aliphatic heterocycles. The second-order valence-corrected chi connectivity index (χ2v) is 6.09. The second kappa shape index (κ2) is 7.32. The van der Waals surface area contributed by atoms with E-state index in [1.165, 1.54) is 5.56 Å². The van der Waals surface area contributed by atoms with Gasteiger partial charge in [-0.05, 0) is 31.0 Å². The summed E-state index contributed by atoms with van der Waals surface area (Å²) in [4.78, 5) is 12.4. The van der Waals surface area contributed by atoms with Gasteiger partial charge in [-0.15, -0.1) is 0 Å². The SMILES string of the molecule is Cc1ccc(-c2[nH]ncc2C(=O)NCCc2ccc(Cl)cc2)cc1. The Kier molecular flexibility index (Phi) is 4.96. The van der Waals surface area contributed by atoms with Crippen LogP contribution in [0.2, 0.25) is 5.02 Å². The van der Waals surface area contributed by atoms with Crippen LogP contribution in [0.15, 0.2) is 54.7 Å². The Bertz CT molecular complexity index is 823. The number of hydrogen-bond acceptors (Lipinski definition) is 2. The zero-order valence-electron chi connectivity index (χ0n) is 13.3. The average Bonchev–Trinajstić information content (AvgIpc) is 3.07. The summed E-state index contributed by atoms with van der Waals surface area (Å²) in [6.07, 6.45) is 2.31. The third kappa shape index (κ3) is 3.84. The van der Waals surface area contributed by atoms with Gasteiger partial charge in [0.25, 0.3) is 5.91 Å². The van der Waals surface area contributed by atoms with Gasteiger partial charge in [-0.3, -0.25) is 9.89 Å². The number of nitrogens with zero attached hydrogens (tertiary/aromatic N) is 1. The highest BCUT2D eigenvalue weighted by molar-refractivity contribution is 6.30. The van der Waals surface area contributed by atoms with Crippen LogP contribution in [0.3, 0.4) is 0 Å². The maximum absolute atomic E-state index is 12.4. The molecule has 1 aromatic heterocycles. The zero-order valence-corrected chi connectivity index (χ0v) is 14.1. The first-order chi connectivity index (χ1) is 11.6. The van der Waals surface area contributed by atoms with Crippen molar-refractivity contribution in [2.75, 3.05) is 6.54 Å². The first kappa shape index (κ1) is 16.3. The highest BCUT2D eigenvalue weighted by atomic mass is 35.5. The number of benzene rings is 2. The molecule has 0 spiro atoms. The Morgan fingerprint density at radius 3 is 2.54 bits per heavy atom. The summed E-state index contributed by atoms with van der Waals surface area (Å²) < 4.78 is 0. The van der Waals surface area contributed by atoms with Crippen molar-refractivity contribution in [1.82, 2.24) is 15.5 Å². The summed E-state index contributed by atoms with van der Waals surface area (Å²) in [5, 5.41) is 10.6. The van der Waals surface area contributed by atoms with E-state index in [0.717, 1.165) is 23.2 Å². The highest BCUT2D eigenvalue weighted by Gasteiger charge is 2.14. The minimum absolute atomic E-state index is 0.131. The summed E-state index contributed by atoms with van der Waals surface area (Å²) in [6.45, 7) is 2.58. The molecule has 3 rings (SSSR count). The Morgan fingerprint density at radius 2 is 1.83 bits per heavy atom. The van der Waals surface area contributed by atoms with E-state index in [2.05, 4.69) is 15.5 Å². The van der Waals surface area contributed by atoms with E-state index in [9.17, 15) is 4.79 Å². The maximum Gasteiger partial charge on any atom is 0.255 e. The number of carbonyl (C=O) groups is 1. The highest BCUT2D eigenvalue weighted by Crippen LogP contribution is 2.21. The minimum atomic E-state index is -0.131. The number of H-pyrrole nitrogens is 1. The Labute approximate surface area is 145 Å². The molecule has 0 radical (unpaired) electrons. The van der Waals surface area contributed by atoms with E-state index in [1.807, 2.05) is 55.5 Å². The first-order valence-electron chi connectivity index (χ1n) is 7.76. The van der Waals surface area contributed by atoms with Crippen molar-refractivity contribution in [3.05, 3.63) is 76.4 Å². The monoisotopic (exact) mass is 339 g/mol. The van der Waals surface area contributed by atoms with Crippen molar-refractivity contribution in [3.8, 4) is 11.3 Å². The predicted molar refractivity (Wildman–Crippen MR) is 96.2 cm³/mol. The van der Waals surface area contributed by atoms with Gasteiger partial charge in [0.1, 0.15) is 0 Å². The van der Waals surface area contributed by atoms with Gasteiger partial charge in [-0.25, -0.2) is 0 Å². The Morgan fingerprint density at radius 1 is 1.12 bits per heavy atom. The van der Waals surface area contributed by atoms with Gasteiger partial charge in [0.2, 0.25) is 0 Å². The van der Waals surface area contributed by atoms with Gasteiger partial charge >= 0.3 is 0 Å². The number of amides is 1. The number of carbonyl (C=O) groups excluding carboxylic acids is 1. The number of aryl methyl sites for hydroxylation is 1. The van der Waals surface area contributed by atoms with E-state index in [-0.39, 0.29) is 5.91 Å². The number of nitrogens with one attached hydrogen (secondary N) is 2. The Balaban J connectivity index is 1.64. The van der Waals surface area contributed by atoms with Crippen molar-refractivity contribution < 1.29 is 4.79 Å². The van der Waals surface area contributed by atoms with Crippen LogP contribution in [0.4, 0.5) is 0 Å². The van der Waals surface area contributed by atoms with E-state index < -0.39 is 0 Å². The lowest BCUT2D eigenvalue weighted by Crippen LogP contribution is -2.25. The fourth-order valence-corrected chi connectivity index (χ4v) is 2.59. The van der Waals surface area contributed by atoms with E-state index in [1.54, 1.807) is 6.20 Å². The molecule has 122 valence electrons. The molecule has 0 aliphatic carbocycles. The van der Waals surface area contributed by atoms with Crippen LogP contribution in [0.5, 0.6) is 0 Å². The number of aromatic nitrogens is 2. The van der Waals surface area contributed by atoms with Crippen molar-refractivity contribution in [1.29, 1.82) is 0 Å². The molecule has 0 fully saturated rings. The molecule has 2 aromatic carbocycles. The van der Waals surface area contributed by atoms with Gasteiger partial charge in [0, 0.05) is 17.1 Å². The van der Waals surface area contributed by atoms with Gasteiger partial charge in [-0.2, -0.15) is 5.10 Å². The number of aromatic amines is 1. The van der Waals surface area contributed by atoms with Crippen molar-refractivity contribution in [2.45, 2.75) is 13.3 Å². The zero-order chi connectivity index (χ0) is 16.9. The number of hydrogen-bond donors (Lipinski definition) is 2. The fourth-order valence-electron chi connectivity index (χ4n) is 2.47.